The average Bonchev–Trinajstić information content (AvgIpc) is 3.22. The van der Waals surface area contributed by atoms with Gasteiger partial charge in [-0.05, 0) is 31.0 Å². The van der Waals surface area contributed by atoms with Crippen molar-refractivity contribution in [3.8, 4) is 0 Å². The first-order valence-corrected chi connectivity index (χ1v) is 10.00. The molecule has 8 nitrogen and oxygen atoms in total. The van der Waals surface area contributed by atoms with Crippen LogP contribution in [0.1, 0.15) is 18.1 Å². The van der Waals surface area contributed by atoms with Crippen LogP contribution in [0.2, 0.25) is 0 Å². The highest BCUT2D eigenvalue weighted by Gasteiger charge is 2.63. The smallest absolute Gasteiger partial charge is 0.271 e. The monoisotopic (exact) mass is 417 g/mol. The minimum absolute atomic E-state index is 0.193. The minimum atomic E-state index is -0.843. The number of fused-ring (bicyclic) bond motifs is 5. The number of nitro groups is 1. The van der Waals surface area contributed by atoms with Gasteiger partial charge in [0, 0.05) is 17.8 Å². The number of imide groups is 1. The standard InChI is InChI=1S/C23H19N3O5/c1-12-7-9-15(26(30)31)11-18(12)25-22(28)19-17-10-8-14-5-3-4-6-16(14)24(17)21(13(2)27)20(19)23(25)29/h3-11,17,19-21H,1-2H3/t17-,19-,20+,21+/m0/s1. The highest BCUT2D eigenvalue weighted by molar-refractivity contribution is 6.25. The number of hydrogen-bond acceptors (Lipinski definition) is 6. The summed E-state index contributed by atoms with van der Waals surface area (Å²) >= 11 is 0. The topological polar surface area (TPSA) is 101 Å². The summed E-state index contributed by atoms with van der Waals surface area (Å²) < 4.78 is 0. The maximum Gasteiger partial charge on any atom is 0.271 e. The second-order valence-electron chi connectivity index (χ2n) is 8.16. The number of nitro benzene ring substituents is 1. The van der Waals surface area contributed by atoms with Crippen LogP contribution in [0.3, 0.4) is 0 Å². The van der Waals surface area contributed by atoms with Crippen molar-refractivity contribution in [3.05, 3.63) is 69.8 Å². The predicted octanol–water partition coefficient (Wildman–Crippen LogP) is 2.88. The Morgan fingerprint density at radius 1 is 1.03 bits per heavy atom. The third-order valence-corrected chi connectivity index (χ3v) is 6.48. The number of aryl methyl sites for hydroxylation is 1. The molecule has 8 heteroatoms. The van der Waals surface area contributed by atoms with Crippen LogP contribution in [0.15, 0.2) is 48.5 Å². The third-order valence-electron chi connectivity index (χ3n) is 6.48. The molecule has 2 aromatic carbocycles. The van der Waals surface area contributed by atoms with Crippen LogP contribution >= 0.6 is 0 Å². The average molecular weight is 417 g/mol. The quantitative estimate of drug-likeness (QED) is 0.432. The summed E-state index contributed by atoms with van der Waals surface area (Å²) in [7, 11) is 0. The van der Waals surface area contributed by atoms with Gasteiger partial charge in [-0.3, -0.25) is 24.5 Å². The fourth-order valence-electron chi connectivity index (χ4n) is 5.16. The van der Waals surface area contributed by atoms with Crippen molar-refractivity contribution in [2.45, 2.75) is 25.9 Å². The lowest BCUT2D eigenvalue weighted by Gasteiger charge is -2.36. The number of Topliss-reactive ketones (excluding diaryl/α,β-unsaturated/α-hetero) is 1. The zero-order valence-electron chi connectivity index (χ0n) is 16.9. The van der Waals surface area contributed by atoms with E-state index in [0.29, 0.717) is 5.56 Å². The van der Waals surface area contributed by atoms with E-state index < -0.39 is 40.7 Å². The highest BCUT2D eigenvalue weighted by Crippen LogP contribution is 2.49. The van der Waals surface area contributed by atoms with E-state index in [1.54, 1.807) is 6.92 Å². The number of nitrogens with zero attached hydrogens (tertiary/aromatic N) is 3. The van der Waals surface area contributed by atoms with Crippen molar-refractivity contribution < 1.29 is 19.3 Å². The number of hydrogen-bond donors (Lipinski definition) is 0. The summed E-state index contributed by atoms with van der Waals surface area (Å²) in [5.74, 6) is -2.68. The van der Waals surface area contributed by atoms with E-state index in [2.05, 4.69) is 0 Å². The molecule has 0 aromatic heterocycles. The molecule has 4 atom stereocenters. The van der Waals surface area contributed by atoms with Gasteiger partial charge in [0.1, 0.15) is 6.04 Å². The van der Waals surface area contributed by atoms with Crippen molar-refractivity contribution in [2.75, 3.05) is 9.80 Å². The van der Waals surface area contributed by atoms with Crippen LogP contribution < -0.4 is 9.80 Å². The second kappa shape index (κ2) is 6.60. The van der Waals surface area contributed by atoms with Gasteiger partial charge >= 0.3 is 0 Å². The molecule has 0 N–H and O–H groups in total. The van der Waals surface area contributed by atoms with Crippen molar-refractivity contribution >= 4 is 40.7 Å². The lowest BCUT2D eigenvalue weighted by atomic mass is 9.88. The largest absolute Gasteiger partial charge is 0.353 e. The van der Waals surface area contributed by atoms with Crippen LogP contribution in [0.5, 0.6) is 0 Å². The number of carbonyl (C=O) groups excluding carboxylic acids is 3. The molecule has 156 valence electrons. The number of carbonyl (C=O) groups is 3. The molecular formula is C23H19N3O5. The van der Waals surface area contributed by atoms with Crippen LogP contribution in [-0.2, 0) is 14.4 Å². The summed E-state index contributed by atoms with van der Waals surface area (Å²) in [6.07, 6.45) is 3.78. The van der Waals surface area contributed by atoms with Crippen molar-refractivity contribution in [3.63, 3.8) is 0 Å². The second-order valence-corrected chi connectivity index (χ2v) is 8.16. The van der Waals surface area contributed by atoms with E-state index >= 15 is 0 Å². The Kier molecular flexibility index (Phi) is 4.08. The Bertz CT molecular complexity index is 1200. The maximum absolute atomic E-state index is 13.5. The number of benzene rings is 2. The van der Waals surface area contributed by atoms with Gasteiger partial charge in [-0.25, -0.2) is 4.90 Å². The highest BCUT2D eigenvalue weighted by atomic mass is 16.6. The molecule has 0 spiro atoms. The Balaban J connectivity index is 1.63. The molecule has 0 unspecified atom stereocenters. The normalized spacial score (nSPS) is 26.0. The summed E-state index contributed by atoms with van der Waals surface area (Å²) in [5.41, 5.74) is 2.33. The number of rotatable bonds is 3. The van der Waals surface area contributed by atoms with Gasteiger partial charge in [-0.2, -0.15) is 0 Å². The molecule has 2 aromatic rings. The SMILES string of the molecule is CC(=O)[C@@H]1[C@@H]2C(=O)N(c3cc([N+](=O)[O-])ccc3C)C(=O)[C@H]2[C@@H]2C=Cc3ccccc3N12. The zero-order chi connectivity index (χ0) is 22.0. The van der Waals surface area contributed by atoms with Gasteiger partial charge in [0.25, 0.3) is 5.69 Å². The Labute approximate surface area is 177 Å². The van der Waals surface area contributed by atoms with E-state index in [-0.39, 0.29) is 17.2 Å². The molecule has 2 amide bonds. The molecule has 0 saturated carbocycles. The molecule has 3 heterocycles. The van der Waals surface area contributed by atoms with Gasteiger partial charge in [-0.15, -0.1) is 0 Å². The maximum atomic E-state index is 13.5. The predicted molar refractivity (Wildman–Crippen MR) is 114 cm³/mol. The van der Waals surface area contributed by atoms with Crippen molar-refractivity contribution in [2.24, 2.45) is 11.8 Å². The molecule has 0 radical (unpaired) electrons. The summed E-state index contributed by atoms with van der Waals surface area (Å²) in [5, 5.41) is 11.2. The van der Waals surface area contributed by atoms with Gasteiger partial charge in [0.15, 0.2) is 5.78 Å². The molecule has 2 saturated heterocycles. The lowest BCUT2D eigenvalue weighted by molar-refractivity contribution is -0.384. The van der Waals surface area contributed by atoms with E-state index in [1.165, 1.54) is 25.1 Å². The van der Waals surface area contributed by atoms with Crippen LogP contribution in [0, 0.1) is 28.9 Å². The number of non-ortho nitro benzene ring substituents is 1. The fraction of sp³-hybridized carbons (Fsp3) is 0.261. The van der Waals surface area contributed by atoms with E-state index in [4.69, 9.17) is 0 Å². The number of ketones is 1. The first kappa shape index (κ1) is 19.2. The van der Waals surface area contributed by atoms with E-state index in [0.717, 1.165) is 16.2 Å². The number of para-hydroxylation sites is 1. The molecule has 2 fully saturated rings. The Morgan fingerprint density at radius 2 is 1.74 bits per heavy atom. The van der Waals surface area contributed by atoms with E-state index in [1.807, 2.05) is 41.3 Å². The van der Waals surface area contributed by atoms with Gasteiger partial charge in [0.05, 0.1) is 28.5 Å². The van der Waals surface area contributed by atoms with E-state index in [9.17, 15) is 24.5 Å². The molecule has 0 aliphatic carbocycles. The molecular weight excluding hydrogens is 398 g/mol. The third kappa shape index (κ3) is 2.57. The van der Waals surface area contributed by atoms with Crippen LogP contribution in [0.4, 0.5) is 17.1 Å². The summed E-state index contributed by atoms with van der Waals surface area (Å²) in [4.78, 5) is 53.4. The first-order chi connectivity index (χ1) is 14.8. The molecule has 3 aliphatic rings. The lowest BCUT2D eigenvalue weighted by Crippen LogP contribution is -2.48. The molecule has 3 aliphatic heterocycles. The first-order valence-electron chi connectivity index (χ1n) is 10.00. The number of anilines is 2. The Hall–Kier alpha value is -3.81. The van der Waals surface area contributed by atoms with Crippen molar-refractivity contribution in [1.29, 1.82) is 0 Å². The van der Waals surface area contributed by atoms with Crippen molar-refractivity contribution in [1.82, 2.24) is 0 Å². The molecule has 0 bridgehead atoms. The zero-order valence-corrected chi connectivity index (χ0v) is 16.9. The minimum Gasteiger partial charge on any atom is -0.353 e. The van der Waals surface area contributed by atoms with Crippen LogP contribution in [-0.4, -0.2) is 34.6 Å². The van der Waals surface area contributed by atoms with Gasteiger partial charge in [0.2, 0.25) is 11.8 Å². The summed E-state index contributed by atoms with van der Waals surface area (Å²) in [6.45, 7) is 3.13. The van der Waals surface area contributed by atoms with Crippen LogP contribution in [0.25, 0.3) is 6.08 Å². The Morgan fingerprint density at radius 3 is 2.45 bits per heavy atom. The van der Waals surface area contributed by atoms with Gasteiger partial charge in [-0.1, -0.05) is 36.4 Å². The fourth-order valence-corrected chi connectivity index (χ4v) is 5.16. The summed E-state index contributed by atoms with van der Waals surface area (Å²) in [6, 6.07) is 10.5. The number of amides is 2. The van der Waals surface area contributed by atoms with Gasteiger partial charge < -0.3 is 4.90 Å². The molecule has 31 heavy (non-hydrogen) atoms. The molecule has 5 rings (SSSR count).